The van der Waals surface area contributed by atoms with E-state index < -0.39 is 32.8 Å². The van der Waals surface area contributed by atoms with Crippen molar-refractivity contribution < 1.29 is 18.8 Å². The quantitative estimate of drug-likeness (QED) is 0.324. The number of nitriles is 1. The van der Waals surface area contributed by atoms with Gasteiger partial charge in [-0.3, -0.25) is 0 Å². The predicted octanol–water partition coefficient (Wildman–Crippen LogP) is 5.61. The van der Waals surface area contributed by atoms with Crippen molar-refractivity contribution >= 4 is 27.3 Å². The lowest BCUT2D eigenvalue weighted by Gasteiger charge is -2.57. The molecule has 0 aromatic heterocycles. The van der Waals surface area contributed by atoms with E-state index in [0.717, 1.165) is 34.9 Å². The molecule has 2 aliphatic rings. The molecule has 1 spiro atoms. The molecule has 0 saturated heterocycles. The minimum Gasteiger partial charge on any atom is -0.598 e. The zero-order valence-corrected chi connectivity index (χ0v) is 24.8. The van der Waals surface area contributed by atoms with Crippen LogP contribution in [0.4, 0.5) is 0 Å². The van der Waals surface area contributed by atoms with Crippen LogP contribution in [0, 0.1) is 28.6 Å². The van der Waals surface area contributed by atoms with E-state index in [1.165, 1.54) is 0 Å². The molecule has 0 amide bonds. The molecule has 1 saturated carbocycles. The fourth-order valence-corrected chi connectivity index (χ4v) is 8.13. The maximum Gasteiger partial charge on any atom is 0.287 e. The molecule has 0 aliphatic heterocycles. The topological polar surface area (TPSA) is 86.6 Å². The first kappa shape index (κ1) is 28.9. The fraction of sp³-hybridized carbons (Fsp3) is 0.741. The van der Waals surface area contributed by atoms with Crippen LogP contribution in [-0.4, -0.2) is 41.5 Å². The molecule has 0 heterocycles. The van der Waals surface area contributed by atoms with Gasteiger partial charge in [-0.1, -0.05) is 35.8 Å². The van der Waals surface area contributed by atoms with E-state index in [2.05, 4.69) is 52.7 Å². The molecule has 0 unspecified atom stereocenters. The second-order valence-electron chi connectivity index (χ2n) is 11.1. The van der Waals surface area contributed by atoms with Crippen LogP contribution in [0.5, 0.6) is 0 Å². The number of hydrogen-bond donors (Lipinski definition) is 1. The summed E-state index contributed by atoms with van der Waals surface area (Å²) in [4.78, 5) is 0. The summed E-state index contributed by atoms with van der Waals surface area (Å²) in [6.07, 6.45) is 2.40. The van der Waals surface area contributed by atoms with E-state index in [1.807, 2.05) is 40.7 Å². The highest BCUT2D eigenvalue weighted by molar-refractivity contribution is 9.10. The maximum absolute atomic E-state index is 13.9. The van der Waals surface area contributed by atoms with E-state index in [0.29, 0.717) is 0 Å². The third kappa shape index (κ3) is 4.71. The number of rotatable bonds is 8. The van der Waals surface area contributed by atoms with Crippen molar-refractivity contribution in [1.29, 1.82) is 5.26 Å². The van der Waals surface area contributed by atoms with Crippen molar-refractivity contribution in [2.75, 3.05) is 20.3 Å². The number of nitrogens with one attached hydrogen (secondary N) is 1. The first-order chi connectivity index (χ1) is 16.4. The smallest absolute Gasteiger partial charge is 0.287 e. The molecule has 1 N–H and O–H groups in total. The molecule has 6 nitrogen and oxygen atoms in total. The summed E-state index contributed by atoms with van der Waals surface area (Å²) in [6.45, 7) is 14.6. The Labute approximate surface area is 222 Å². The van der Waals surface area contributed by atoms with Gasteiger partial charge < -0.3 is 18.8 Å². The Bertz CT molecular complexity index is 928. The lowest BCUT2D eigenvalue weighted by molar-refractivity contribution is -0.271. The van der Waals surface area contributed by atoms with Gasteiger partial charge in [0.25, 0.3) is 5.79 Å². The summed E-state index contributed by atoms with van der Waals surface area (Å²) >= 11 is 2.15. The van der Waals surface area contributed by atoms with Crippen molar-refractivity contribution in [2.24, 2.45) is 17.3 Å². The number of nitrogens with zero attached hydrogens (tertiary/aromatic N) is 1. The van der Waals surface area contributed by atoms with Crippen molar-refractivity contribution in [2.45, 2.75) is 89.9 Å². The Hall–Kier alpha value is -0.660. The zero-order chi connectivity index (χ0) is 26.2. The van der Waals surface area contributed by atoms with Crippen LogP contribution in [0.15, 0.2) is 22.7 Å². The number of benzene rings is 1. The van der Waals surface area contributed by atoms with Gasteiger partial charge in [-0.2, -0.15) is 5.26 Å². The van der Waals surface area contributed by atoms with Gasteiger partial charge in [0.05, 0.1) is 6.10 Å². The molecule has 3 rings (SSSR count). The van der Waals surface area contributed by atoms with Crippen LogP contribution < -0.4 is 4.72 Å². The standard InChI is InChI=1S/C27H41BrN2O4S/c1-9-33-26(17-29,34-10-2)27(30-35(31)24(5,6)7)22-13-21(28)12-11-20(22)16-25(27)14-18(3)23(32-8)19(4)15-25/h11-13,18-19,23,30H,9-10,14-16H2,1-8H3/t18-,19+,23+,25+,27-,35-/m0/s1. The third-order valence-electron chi connectivity index (χ3n) is 7.76. The highest BCUT2D eigenvalue weighted by atomic mass is 79.9. The summed E-state index contributed by atoms with van der Waals surface area (Å²) in [5.74, 6) is -1.22. The molecule has 1 fully saturated rings. The monoisotopic (exact) mass is 568 g/mol. The van der Waals surface area contributed by atoms with Gasteiger partial charge in [0.1, 0.15) is 10.8 Å². The molecule has 2 aliphatic carbocycles. The molecule has 35 heavy (non-hydrogen) atoms. The summed E-state index contributed by atoms with van der Waals surface area (Å²) in [5.41, 5.74) is 0.397. The molecular formula is C27H41BrN2O4S. The molecule has 196 valence electrons. The lowest BCUT2D eigenvalue weighted by atomic mass is 9.54. The van der Waals surface area contributed by atoms with Gasteiger partial charge in [0.2, 0.25) is 0 Å². The number of methoxy groups -OCH3 is 1. The Morgan fingerprint density at radius 3 is 2.20 bits per heavy atom. The van der Waals surface area contributed by atoms with Gasteiger partial charge in [0, 0.05) is 41.6 Å². The fourth-order valence-electron chi connectivity index (χ4n) is 6.72. The highest BCUT2D eigenvalue weighted by Crippen LogP contribution is 2.65. The largest absolute Gasteiger partial charge is 0.598 e. The lowest BCUT2D eigenvalue weighted by Crippen LogP contribution is -2.72. The number of halogens is 1. The molecule has 1 aromatic carbocycles. The summed E-state index contributed by atoms with van der Waals surface area (Å²) in [6, 6.07) is 8.66. The zero-order valence-electron chi connectivity index (χ0n) is 22.4. The second-order valence-corrected chi connectivity index (χ2v) is 14.0. The highest BCUT2D eigenvalue weighted by Gasteiger charge is 2.74. The summed E-state index contributed by atoms with van der Waals surface area (Å²) < 4.78 is 36.4. The van der Waals surface area contributed by atoms with Crippen LogP contribution in [0.1, 0.15) is 72.4 Å². The van der Waals surface area contributed by atoms with Crippen molar-refractivity contribution in [3.8, 4) is 6.07 Å². The maximum atomic E-state index is 13.9. The first-order valence-corrected chi connectivity index (χ1v) is 14.5. The van der Waals surface area contributed by atoms with Gasteiger partial charge in [-0.25, -0.2) is 0 Å². The van der Waals surface area contributed by atoms with Crippen LogP contribution >= 0.6 is 15.9 Å². The average molecular weight is 570 g/mol. The van der Waals surface area contributed by atoms with Crippen LogP contribution in [0.25, 0.3) is 0 Å². The summed E-state index contributed by atoms with van der Waals surface area (Å²) in [5, 5.41) is 10.8. The van der Waals surface area contributed by atoms with E-state index >= 15 is 0 Å². The molecule has 6 atom stereocenters. The third-order valence-corrected chi connectivity index (χ3v) is 9.85. The van der Waals surface area contributed by atoms with E-state index in [-0.39, 0.29) is 31.2 Å². The van der Waals surface area contributed by atoms with Crippen molar-refractivity contribution in [3.05, 3.63) is 33.8 Å². The number of fused-ring (bicyclic) bond motifs is 1. The van der Waals surface area contributed by atoms with E-state index in [9.17, 15) is 9.81 Å². The molecule has 0 radical (unpaired) electrons. The van der Waals surface area contributed by atoms with Crippen molar-refractivity contribution in [3.63, 3.8) is 0 Å². The molecular weight excluding hydrogens is 528 g/mol. The number of ether oxygens (including phenoxy) is 3. The Morgan fingerprint density at radius 2 is 1.74 bits per heavy atom. The van der Waals surface area contributed by atoms with Crippen LogP contribution in [0.2, 0.25) is 0 Å². The summed E-state index contributed by atoms with van der Waals surface area (Å²) in [7, 11) is 1.77. The number of hydrogen-bond acceptors (Lipinski definition) is 6. The van der Waals surface area contributed by atoms with Gasteiger partial charge >= 0.3 is 0 Å². The van der Waals surface area contributed by atoms with Gasteiger partial charge in [0.15, 0.2) is 5.54 Å². The predicted molar refractivity (Wildman–Crippen MR) is 143 cm³/mol. The van der Waals surface area contributed by atoms with E-state index in [4.69, 9.17) is 14.2 Å². The Morgan fingerprint density at radius 1 is 1.17 bits per heavy atom. The second kappa shape index (κ2) is 10.6. The van der Waals surface area contributed by atoms with Crippen LogP contribution in [-0.2, 0) is 37.5 Å². The minimum atomic E-state index is -1.68. The van der Waals surface area contributed by atoms with Crippen LogP contribution in [0.3, 0.4) is 0 Å². The Balaban J connectivity index is 2.42. The van der Waals surface area contributed by atoms with Crippen molar-refractivity contribution in [1.82, 2.24) is 4.72 Å². The molecule has 8 heteroatoms. The molecule has 0 bridgehead atoms. The SMILES string of the molecule is CCOC(C#N)(OCC)[C@]1(N[S@@+]([O-])C(C)(C)C)c2cc(Br)ccc2C[C@@]12C[C@@H](C)[C@H](OC)[C@@H](C)C2. The van der Waals surface area contributed by atoms with E-state index in [1.54, 1.807) is 7.11 Å². The van der Waals surface area contributed by atoms with Gasteiger partial charge in [-0.05, 0) is 89.0 Å². The minimum absolute atomic E-state index is 0.109. The van der Waals surface area contributed by atoms with Gasteiger partial charge in [-0.15, -0.1) is 4.72 Å². The first-order valence-electron chi connectivity index (χ1n) is 12.6. The normalized spacial score (nSPS) is 31.9. The Kier molecular flexibility index (Phi) is 8.76. The molecule has 1 aromatic rings. The average Bonchev–Trinajstić information content (AvgIpc) is 3.01.